The number of aromatic nitrogens is 1. The lowest BCUT2D eigenvalue weighted by Gasteiger charge is -2.27. The van der Waals surface area contributed by atoms with Gasteiger partial charge in [-0.3, -0.25) is 4.98 Å². The van der Waals surface area contributed by atoms with Gasteiger partial charge in [0.2, 0.25) is 10.0 Å². The van der Waals surface area contributed by atoms with Crippen LogP contribution in [0.15, 0.2) is 23.4 Å². The predicted molar refractivity (Wildman–Crippen MR) is 71.9 cm³/mol. The van der Waals surface area contributed by atoms with Crippen LogP contribution in [0.1, 0.15) is 25.7 Å². The Morgan fingerprint density at radius 1 is 1.42 bits per heavy atom. The maximum Gasteiger partial charge on any atom is 0.246 e. The van der Waals surface area contributed by atoms with Crippen LogP contribution in [-0.4, -0.2) is 42.0 Å². The molecule has 1 saturated carbocycles. The topological polar surface area (TPSA) is 96.5 Å². The first kappa shape index (κ1) is 14.2. The molecule has 3 N–H and O–H groups in total. The van der Waals surface area contributed by atoms with Gasteiger partial charge < -0.3 is 10.8 Å². The zero-order valence-electron chi connectivity index (χ0n) is 10.7. The first-order valence-electron chi connectivity index (χ1n) is 6.39. The highest BCUT2D eigenvalue weighted by atomic mass is 32.2. The normalized spacial score (nSPS) is 17.2. The molecule has 0 saturated heterocycles. The Labute approximate surface area is 113 Å². The first-order valence-corrected chi connectivity index (χ1v) is 7.83. The number of hydrogen-bond acceptors (Lipinski definition) is 5. The van der Waals surface area contributed by atoms with Crippen LogP contribution in [0, 0.1) is 0 Å². The maximum atomic E-state index is 12.6. The van der Waals surface area contributed by atoms with Crippen molar-refractivity contribution in [3.05, 3.63) is 18.5 Å². The van der Waals surface area contributed by atoms with E-state index in [4.69, 9.17) is 10.8 Å². The van der Waals surface area contributed by atoms with E-state index in [1.54, 1.807) is 0 Å². The van der Waals surface area contributed by atoms with Crippen molar-refractivity contribution >= 4 is 15.7 Å². The average molecular weight is 285 g/mol. The number of rotatable bonds is 5. The standard InChI is InChI=1S/C12H19N3O3S/c13-11-5-6-14-9-12(11)19(17,18)15(7-8-16)10-3-1-2-4-10/h5-6,9-10,16H,1-4,7-8H2,(H2,13,14). The molecule has 0 atom stereocenters. The number of nitrogens with two attached hydrogens (primary N) is 1. The molecule has 0 aromatic carbocycles. The summed E-state index contributed by atoms with van der Waals surface area (Å²) in [6, 6.07) is 1.43. The van der Waals surface area contributed by atoms with Crippen molar-refractivity contribution in [3.8, 4) is 0 Å². The fourth-order valence-electron chi connectivity index (χ4n) is 2.52. The predicted octanol–water partition coefficient (Wildman–Crippen LogP) is 0.589. The van der Waals surface area contributed by atoms with Crippen molar-refractivity contribution in [2.45, 2.75) is 36.6 Å². The Kier molecular flexibility index (Phi) is 4.38. The molecule has 0 radical (unpaired) electrons. The number of aliphatic hydroxyl groups is 1. The fourth-order valence-corrected chi connectivity index (χ4v) is 4.26. The van der Waals surface area contributed by atoms with Crippen LogP contribution < -0.4 is 5.73 Å². The summed E-state index contributed by atoms with van der Waals surface area (Å²) in [4.78, 5) is 3.86. The van der Waals surface area contributed by atoms with Crippen LogP contribution >= 0.6 is 0 Å². The van der Waals surface area contributed by atoms with Crippen molar-refractivity contribution < 1.29 is 13.5 Å². The second-order valence-corrected chi connectivity index (χ2v) is 6.55. The van der Waals surface area contributed by atoms with Crippen LogP contribution in [0.25, 0.3) is 0 Å². The summed E-state index contributed by atoms with van der Waals surface area (Å²) >= 11 is 0. The van der Waals surface area contributed by atoms with E-state index in [0.29, 0.717) is 0 Å². The van der Waals surface area contributed by atoms with Gasteiger partial charge in [-0.05, 0) is 18.9 Å². The summed E-state index contributed by atoms with van der Waals surface area (Å²) in [6.07, 6.45) is 6.43. The van der Waals surface area contributed by atoms with Gasteiger partial charge in [-0.25, -0.2) is 8.42 Å². The third-order valence-corrected chi connectivity index (χ3v) is 5.45. The molecule has 2 rings (SSSR count). The summed E-state index contributed by atoms with van der Waals surface area (Å²) in [6.45, 7) is -0.1000. The van der Waals surface area contributed by atoms with Crippen molar-refractivity contribution in [2.24, 2.45) is 0 Å². The molecule has 0 aliphatic heterocycles. The van der Waals surface area contributed by atoms with Gasteiger partial charge in [-0.15, -0.1) is 0 Å². The monoisotopic (exact) mass is 285 g/mol. The molecule has 1 aromatic rings. The van der Waals surface area contributed by atoms with E-state index in [-0.39, 0.29) is 29.8 Å². The molecule has 6 nitrogen and oxygen atoms in total. The third-order valence-electron chi connectivity index (χ3n) is 3.46. The summed E-state index contributed by atoms with van der Waals surface area (Å²) in [7, 11) is -3.69. The van der Waals surface area contributed by atoms with Gasteiger partial charge in [0.1, 0.15) is 4.90 Å². The number of nitrogens with zero attached hydrogens (tertiary/aromatic N) is 2. The van der Waals surface area contributed by atoms with Gasteiger partial charge in [0, 0.05) is 25.0 Å². The maximum absolute atomic E-state index is 12.6. The fraction of sp³-hybridized carbons (Fsp3) is 0.583. The largest absolute Gasteiger partial charge is 0.398 e. The molecule has 1 aliphatic carbocycles. The zero-order valence-corrected chi connectivity index (χ0v) is 11.5. The molecule has 1 aromatic heterocycles. The lowest BCUT2D eigenvalue weighted by molar-refractivity contribution is 0.226. The molecule has 19 heavy (non-hydrogen) atoms. The minimum absolute atomic E-state index is 0.0235. The van der Waals surface area contributed by atoms with Gasteiger partial charge in [0.25, 0.3) is 0 Å². The number of anilines is 1. The van der Waals surface area contributed by atoms with Crippen molar-refractivity contribution in [2.75, 3.05) is 18.9 Å². The van der Waals surface area contributed by atoms with Crippen molar-refractivity contribution in [1.29, 1.82) is 0 Å². The summed E-state index contributed by atoms with van der Waals surface area (Å²) in [5, 5.41) is 9.12. The van der Waals surface area contributed by atoms with Crippen LogP contribution in [-0.2, 0) is 10.0 Å². The molecule has 7 heteroatoms. The smallest absolute Gasteiger partial charge is 0.246 e. The van der Waals surface area contributed by atoms with Crippen LogP contribution in [0.3, 0.4) is 0 Å². The molecule has 0 amide bonds. The summed E-state index contributed by atoms with van der Waals surface area (Å²) < 4.78 is 26.6. The van der Waals surface area contributed by atoms with E-state index < -0.39 is 10.0 Å². The van der Waals surface area contributed by atoms with Crippen molar-refractivity contribution in [1.82, 2.24) is 9.29 Å². The molecular formula is C12H19N3O3S. The Morgan fingerprint density at radius 2 is 2.11 bits per heavy atom. The summed E-state index contributed by atoms with van der Waals surface area (Å²) in [5.41, 5.74) is 5.92. The Hall–Kier alpha value is -1.18. The van der Waals surface area contributed by atoms with Gasteiger partial charge in [0.15, 0.2) is 0 Å². The van der Waals surface area contributed by atoms with Crippen molar-refractivity contribution in [3.63, 3.8) is 0 Å². The molecule has 1 heterocycles. The second kappa shape index (κ2) is 5.85. The minimum atomic E-state index is -3.69. The van der Waals surface area contributed by atoms with Crippen LogP contribution in [0.5, 0.6) is 0 Å². The minimum Gasteiger partial charge on any atom is -0.398 e. The highest BCUT2D eigenvalue weighted by Gasteiger charge is 2.33. The highest BCUT2D eigenvalue weighted by Crippen LogP contribution is 2.29. The first-order chi connectivity index (χ1) is 9.07. The SMILES string of the molecule is Nc1ccncc1S(=O)(=O)N(CCO)C1CCCC1. The second-order valence-electron chi connectivity index (χ2n) is 4.69. The Balaban J connectivity index is 2.36. The molecular weight excluding hydrogens is 266 g/mol. The number of nitrogen functional groups attached to an aromatic ring is 1. The van der Waals surface area contributed by atoms with E-state index in [2.05, 4.69) is 4.98 Å². The molecule has 0 unspecified atom stereocenters. The average Bonchev–Trinajstić information content (AvgIpc) is 2.89. The molecule has 0 spiro atoms. The Bertz CT molecular complexity index is 527. The quantitative estimate of drug-likeness (QED) is 0.825. The number of pyridine rings is 1. The lowest BCUT2D eigenvalue weighted by Crippen LogP contribution is -2.40. The summed E-state index contributed by atoms with van der Waals surface area (Å²) in [5.74, 6) is 0. The molecule has 106 valence electrons. The highest BCUT2D eigenvalue weighted by molar-refractivity contribution is 7.89. The Morgan fingerprint density at radius 3 is 2.68 bits per heavy atom. The van der Waals surface area contributed by atoms with E-state index in [1.165, 1.54) is 22.8 Å². The van der Waals surface area contributed by atoms with Gasteiger partial charge in [-0.2, -0.15) is 4.31 Å². The lowest BCUT2D eigenvalue weighted by atomic mass is 10.2. The van der Waals surface area contributed by atoms with E-state index in [1.807, 2.05) is 0 Å². The number of hydrogen-bond donors (Lipinski definition) is 2. The van der Waals surface area contributed by atoms with Crippen LogP contribution in [0.4, 0.5) is 5.69 Å². The van der Waals surface area contributed by atoms with Gasteiger partial charge >= 0.3 is 0 Å². The number of sulfonamides is 1. The third kappa shape index (κ3) is 2.88. The van der Waals surface area contributed by atoms with E-state index >= 15 is 0 Å². The molecule has 1 fully saturated rings. The zero-order chi connectivity index (χ0) is 13.9. The van der Waals surface area contributed by atoms with Crippen LogP contribution in [0.2, 0.25) is 0 Å². The van der Waals surface area contributed by atoms with E-state index in [0.717, 1.165) is 25.7 Å². The van der Waals surface area contributed by atoms with Gasteiger partial charge in [-0.1, -0.05) is 12.8 Å². The molecule has 1 aliphatic rings. The number of aliphatic hydroxyl groups excluding tert-OH is 1. The molecule has 0 bridgehead atoms. The van der Waals surface area contributed by atoms with E-state index in [9.17, 15) is 8.42 Å². The van der Waals surface area contributed by atoms with Gasteiger partial charge in [0.05, 0.1) is 12.3 Å².